The lowest BCUT2D eigenvalue weighted by Crippen LogP contribution is -2.34. The minimum Gasteiger partial charge on any atom is -0.480 e. The highest BCUT2D eigenvalue weighted by Gasteiger charge is 2.13. The van der Waals surface area contributed by atoms with Gasteiger partial charge in [0.1, 0.15) is 6.04 Å². The third-order valence-corrected chi connectivity index (χ3v) is 1.26. The highest BCUT2D eigenvalue weighted by atomic mass is 16.4. The van der Waals surface area contributed by atoms with Crippen LogP contribution in [0.2, 0.25) is 0 Å². The first-order valence-corrected chi connectivity index (χ1v) is 5.87. The van der Waals surface area contributed by atoms with Crippen molar-refractivity contribution < 1.29 is 44.4 Å². The molecule has 0 aliphatic heterocycles. The average Bonchev–Trinajstić information content (AvgIpc) is 2.48. The molecule has 142 valence electrons. The molecule has 1 amide bonds. The van der Waals surface area contributed by atoms with Crippen LogP contribution in [0.3, 0.4) is 0 Å². The van der Waals surface area contributed by atoms with E-state index >= 15 is 0 Å². The highest BCUT2D eigenvalue weighted by Crippen LogP contribution is 1.84. The first-order chi connectivity index (χ1) is 10.8. The molecule has 1 unspecified atom stereocenters. The number of rotatable bonds is 6. The largest absolute Gasteiger partial charge is 0.480 e. The summed E-state index contributed by atoms with van der Waals surface area (Å²) in [6.07, 6.45) is -0.310. The number of carbonyl (C=O) groups excluding carboxylic acids is 1. The zero-order valence-corrected chi connectivity index (χ0v) is 12.6. The van der Waals surface area contributed by atoms with E-state index < -0.39 is 35.8 Å². The van der Waals surface area contributed by atoms with Crippen molar-refractivity contribution in [2.75, 3.05) is 19.6 Å². The van der Waals surface area contributed by atoms with Gasteiger partial charge in [-0.25, -0.2) is 0 Å². The standard InChI is InChI=1S/C4H8N2O3.3C2H5NO2/c5-2(4(8)9)1-3(6)7;3*3-1-2(4)5/h2H,1,5H2,(H2,6,7)(H,8,9);3*1,3H2,(H,4,5). The van der Waals surface area contributed by atoms with E-state index in [1.54, 1.807) is 0 Å². The molecule has 0 spiro atoms. The summed E-state index contributed by atoms with van der Waals surface area (Å²) in [5, 5.41) is 30.9. The molecule has 0 heterocycles. The molecule has 0 radical (unpaired) electrons. The molecule has 0 rings (SSSR count). The van der Waals surface area contributed by atoms with Crippen molar-refractivity contribution in [1.82, 2.24) is 0 Å². The molecule has 0 aliphatic rings. The fraction of sp³-hybridized carbons (Fsp3) is 0.500. The molecule has 0 aliphatic carbocycles. The van der Waals surface area contributed by atoms with E-state index in [-0.39, 0.29) is 26.1 Å². The van der Waals surface area contributed by atoms with Gasteiger partial charge in [-0.2, -0.15) is 0 Å². The van der Waals surface area contributed by atoms with E-state index in [4.69, 9.17) is 26.2 Å². The van der Waals surface area contributed by atoms with Gasteiger partial charge >= 0.3 is 23.9 Å². The maximum absolute atomic E-state index is 9.99. The number of aliphatic carboxylic acids is 4. The highest BCUT2D eigenvalue weighted by molar-refractivity contribution is 5.83. The summed E-state index contributed by atoms with van der Waals surface area (Å²) in [5.74, 6) is -4.82. The zero-order chi connectivity index (χ0) is 20.3. The average molecular weight is 357 g/mol. The fourth-order valence-corrected chi connectivity index (χ4v) is 0.304. The van der Waals surface area contributed by atoms with Gasteiger partial charge in [0.25, 0.3) is 0 Å². The molecule has 0 aromatic heterocycles. The Kier molecular flexibility index (Phi) is 24.6. The predicted octanol–water partition coefficient (Wildman–Crippen LogP) is -4.64. The van der Waals surface area contributed by atoms with Crippen molar-refractivity contribution in [3.8, 4) is 0 Å². The van der Waals surface area contributed by atoms with Crippen LogP contribution in [-0.2, 0) is 24.0 Å². The summed E-state index contributed by atoms with van der Waals surface area (Å²) in [6.45, 7) is -0.833. The number of nitrogens with two attached hydrogens (primary N) is 5. The van der Waals surface area contributed by atoms with Gasteiger partial charge in [0, 0.05) is 0 Å². The van der Waals surface area contributed by atoms with Crippen LogP contribution in [0.25, 0.3) is 0 Å². The van der Waals surface area contributed by atoms with E-state index in [2.05, 4.69) is 22.9 Å². The Morgan fingerprint density at radius 1 is 0.708 bits per heavy atom. The first kappa shape index (κ1) is 29.2. The normalized spacial score (nSPS) is 9.33. The van der Waals surface area contributed by atoms with E-state index in [0.29, 0.717) is 0 Å². The SMILES string of the molecule is NC(=O)CC(N)C(=O)O.NCC(=O)O.NCC(=O)O.NCC(=O)O. The maximum atomic E-state index is 9.99. The second kappa shape index (κ2) is 20.2. The molecule has 0 aromatic rings. The zero-order valence-electron chi connectivity index (χ0n) is 12.6. The van der Waals surface area contributed by atoms with Crippen LogP contribution in [0.5, 0.6) is 0 Å². The molecular formula is C10H23N5O9. The van der Waals surface area contributed by atoms with E-state index in [1.807, 2.05) is 0 Å². The molecule has 1 atom stereocenters. The topological polar surface area (TPSA) is 296 Å². The molecule has 14 heteroatoms. The van der Waals surface area contributed by atoms with Gasteiger partial charge in [0.2, 0.25) is 5.91 Å². The second-order valence-corrected chi connectivity index (χ2v) is 3.41. The van der Waals surface area contributed by atoms with Gasteiger partial charge in [0.15, 0.2) is 0 Å². The molecule has 24 heavy (non-hydrogen) atoms. The van der Waals surface area contributed by atoms with Crippen LogP contribution < -0.4 is 28.7 Å². The third kappa shape index (κ3) is 50.7. The van der Waals surface area contributed by atoms with Crippen molar-refractivity contribution in [2.45, 2.75) is 12.5 Å². The monoisotopic (exact) mass is 357 g/mol. The van der Waals surface area contributed by atoms with Crippen molar-refractivity contribution in [1.29, 1.82) is 0 Å². The van der Waals surface area contributed by atoms with Crippen molar-refractivity contribution in [2.24, 2.45) is 28.7 Å². The van der Waals surface area contributed by atoms with E-state index in [0.717, 1.165) is 0 Å². The Hall–Kier alpha value is -2.81. The molecule has 0 aromatic carbocycles. The summed E-state index contributed by atoms with van der Waals surface area (Å²) >= 11 is 0. The van der Waals surface area contributed by atoms with Gasteiger partial charge in [-0.1, -0.05) is 0 Å². The molecule has 0 bridgehead atoms. The Balaban J connectivity index is -0.000000116. The van der Waals surface area contributed by atoms with Crippen LogP contribution in [0.15, 0.2) is 0 Å². The summed E-state index contributed by atoms with van der Waals surface area (Å²) in [7, 11) is 0. The molecule has 14 nitrogen and oxygen atoms in total. The van der Waals surface area contributed by atoms with Crippen molar-refractivity contribution >= 4 is 29.8 Å². The lowest BCUT2D eigenvalue weighted by atomic mass is 10.2. The number of carboxylic acids is 4. The number of hydrogen-bond acceptors (Lipinski definition) is 9. The lowest BCUT2D eigenvalue weighted by Gasteiger charge is -1.99. The minimum absolute atomic E-state index is 0.278. The van der Waals surface area contributed by atoms with Crippen LogP contribution in [-0.4, -0.2) is 75.9 Å². The summed E-state index contributed by atoms with van der Waals surface area (Å²) in [5.41, 5.74) is 23.3. The maximum Gasteiger partial charge on any atom is 0.321 e. The Morgan fingerprint density at radius 3 is 0.958 bits per heavy atom. The number of primary amides is 1. The summed E-state index contributed by atoms with van der Waals surface area (Å²) in [4.78, 5) is 47.6. The summed E-state index contributed by atoms with van der Waals surface area (Å²) < 4.78 is 0. The van der Waals surface area contributed by atoms with Gasteiger partial charge in [-0.15, -0.1) is 0 Å². The van der Waals surface area contributed by atoms with Crippen LogP contribution in [0.4, 0.5) is 0 Å². The summed E-state index contributed by atoms with van der Waals surface area (Å²) in [6, 6.07) is -1.16. The third-order valence-electron chi connectivity index (χ3n) is 1.26. The predicted molar refractivity (Wildman–Crippen MR) is 79.5 cm³/mol. The number of carboxylic acid groups (broad SMARTS) is 4. The molecule has 0 saturated carbocycles. The Morgan fingerprint density at radius 2 is 0.917 bits per heavy atom. The lowest BCUT2D eigenvalue weighted by molar-refractivity contribution is -0.140. The molecular weight excluding hydrogens is 334 g/mol. The Bertz CT molecular complexity index is 369. The van der Waals surface area contributed by atoms with Crippen LogP contribution >= 0.6 is 0 Å². The molecule has 0 saturated heterocycles. The van der Waals surface area contributed by atoms with Crippen molar-refractivity contribution in [3.63, 3.8) is 0 Å². The minimum atomic E-state index is -1.21. The van der Waals surface area contributed by atoms with Gasteiger partial charge in [0.05, 0.1) is 26.1 Å². The van der Waals surface area contributed by atoms with Gasteiger partial charge in [-0.05, 0) is 0 Å². The second-order valence-electron chi connectivity index (χ2n) is 3.41. The number of hydrogen-bond donors (Lipinski definition) is 9. The quantitative estimate of drug-likeness (QED) is 0.216. The molecule has 0 fully saturated rings. The number of carbonyl (C=O) groups is 5. The van der Waals surface area contributed by atoms with Gasteiger partial charge in [-0.3, -0.25) is 24.0 Å². The smallest absolute Gasteiger partial charge is 0.321 e. The van der Waals surface area contributed by atoms with E-state index in [1.165, 1.54) is 0 Å². The van der Waals surface area contributed by atoms with Crippen molar-refractivity contribution in [3.05, 3.63) is 0 Å². The van der Waals surface area contributed by atoms with Crippen LogP contribution in [0.1, 0.15) is 6.42 Å². The van der Waals surface area contributed by atoms with Crippen LogP contribution in [0, 0.1) is 0 Å². The van der Waals surface area contributed by atoms with E-state index in [9.17, 15) is 24.0 Å². The fourth-order valence-electron chi connectivity index (χ4n) is 0.304. The Labute approximate surface area is 136 Å². The van der Waals surface area contributed by atoms with Gasteiger partial charge < -0.3 is 49.1 Å². The first-order valence-electron chi connectivity index (χ1n) is 5.87. The molecule has 14 N–H and O–H groups in total. The number of amides is 1.